The number of rotatable bonds is 0. The average Bonchev–Trinajstić information content (AvgIpc) is 3.33. The van der Waals surface area contributed by atoms with Gasteiger partial charge in [-0.1, -0.05) is 83.9 Å². The van der Waals surface area contributed by atoms with Crippen molar-refractivity contribution in [3.05, 3.63) is 119 Å². The van der Waals surface area contributed by atoms with Crippen LogP contribution < -0.4 is 12.4 Å². The summed E-state index contributed by atoms with van der Waals surface area (Å²) in [5.41, 5.74) is 11.0. The Kier molecular flexibility index (Phi) is 10.2. The second-order valence-electron chi connectivity index (χ2n) is 7.37. The van der Waals surface area contributed by atoms with E-state index >= 15 is 0 Å². The van der Waals surface area contributed by atoms with Gasteiger partial charge in [-0.15, -0.1) is 11.1 Å². The first-order valence-corrected chi connectivity index (χ1v) is 12.5. The molecule has 0 heterocycles. The summed E-state index contributed by atoms with van der Waals surface area (Å²) in [7, 11) is 0.750. The van der Waals surface area contributed by atoms with Crippen LogP contribution in [0.2, 0.25) is 13.1 Å². The molecule has 3 heteroatoms. The number of hydrogen-bond donors (Lipinski definition) is 0. The van der Waals surface area contributed by atoms with Crippen molar-refractivity contribution in [1.82, 2.24) is 0 Å². The molecular formula is C28H25ClSiZr. The van der Waals surface area contributed by atoms with Crippen LogP contribution in [0.25, 0.3) is 22.3 Å². The molecule has 0 unspecified atom stereocenters. The van der Waals surface area contributed by atoms with E-state index in [0.717, 1.165) is 22.4 Å². The van der Waals surface area contributed by atoms with E-state index in [2.05, 4.69) is 98.0 Å². The van der Waals surface area contributed by atoms with Crippen molar-refractivity contribution >= 4 is 9.52 Å². The molecule has 0 saturated heterocycles. The quantitative estimate of drug-likeness (QED) is 0.214. The van der Waals surface area contributed by atoms with Crippen molar-refractivity contribution in [2.24, 2.45) is 0 Å². The minimum atomic E-state index is 0. The van der Waals surface area contributed by atoms with Crippen LogP contribution in [0.15, 0.2) is 84.9 Å². The SMILES string of the molecule is C[SiH]C.[Cl-].[Zr+3].[c-]1cccc2c1Cc1ccccc1-2.[c-]1cccc2c1Cc1ccccc1-2. The summed E-state index contributed by atoms with van der Waals surface area (Å²) in [5, 5.41) is 0. The first kappa shape index (κ1) is 25.5. The summed E-state index contributed by atoms with van der Waals surface area (Å²) in [5.74, 6) is 0. The van der Waals surface area contributed by atoms with E-state index in [9.17, 15) is 0 Å². The van der Waals surface area contributed by atoms with Crippen LogP contribution in [-0.4, -0.2) is 9.52 Å². The van der Waals surface area contributed by atoms with Gasteiger partial charge in [0.2, 0.25) is 0 Å². The Morgan fingerprint density at radius 3 is 1.35 bits per heavy atom. The standard InChI is InChI=1S/2C13H9.C2H7Si.ClH.Zr/c2*1-3-7-12-10(5-1)9-11-6-2-4-8-13(11)12;1-3-2;;/h2*1-5,7-8H,9H2;3H,1-2H3;1H;/q2*-1;;;+3/p-1. The van der Waals surface area contributed by atoms with Crippen LogP contribution in [0, 0.1) is 12.1 Å². The van der Waals surface area contributed by atoms with Crippen LogP contribution in [0.3, 0.4) is 0 Å². The monoisotopic (exact) mass is 514 g/mol. The average molecular weight is 516 g/mol. The number of fused-ring (bicyclic) bond motifs is 6. The summed E-state index contributed by atoms with van der Waals surface area (Å²) in [6.45, 7) is 4.42. The fourth-order valence-corrected chi connectivity index (χ4v) is 4.00. The predicted molar refractivity (Wildman–Crippen MR) is 126 cm³/mol. The minimum absolute atomic E-state index is 0. The zero-order valence-corrected chi connectivity index (χ0v) is 22.3. The maximum atomic E-state index is 3.30. The van der Waals surface area contributed by atoms with E-state index in [1.807, 2.05) is 12.1 Å². The molecule has 0 aromatic heterocycles. The third-order valence-electron chi connectivity index (χ3n) is 5.23. The summed E-state index contributed by atoms with van der Waals surface area (Å²) in [6.07, 6.45) is 2.10. The Morgan fingerprint density at radius 1 is 0.581 bits per heavy atom. The molecule has 0 nitrogen and oxygen atoms in total. The third kappa shape index (κ3) is 5.75. The second-order valence-corrected chi connectivity index (χ2v) is 8.52. The first-order chi connectivity index (χ1) is 14.3. The van der Waals surface area contributed by atoms with Gasteiger partial charge in [-0.05, 0) is 12.8 Å². The number of halogens is 1. The van der Waals surface area contributed by atoms with E-state index < -0.39 is 0 Å². The molecule has 4 aromatic carbocycles. The Morgan fingerprint density at radius 2 is 0.935 bits per heavy atom. The zero-order valence-electron chi connectivity index (χ0n) is 18.0. The molecular weight excluding hydrogens is 491 g/mol. The van der Waals surface area contributed by atoms with Crippen LogP contribution in [0.5, 0.6) is 0 Å². The minimum Gasteiger partial charge on any atom is -1.00 e. The Balaban J connectivity index is 0.000000185. The predicted octanol–water partition coefficient (Wildman–Crippen LogP) is 3.64. The molecule has 0 bridgehead atoms. The van der Waals surface area contributed by atoms with Crippen molar-refractivity contribution in [2.45, 2.75) is 25.9 Å². The molecule has 152 valence electrons. The Bertz CT molecular complexity index is 947. The number of benzene rings is 4. The number of hydrogen-bond acceptors (Lipinski definition) is 0. The molecule has 0 fully saturated rings. The third-order valence-corrected chi connectivity index (χ3v) is 5.23. The largest absolute Gasteiger partial charge is 3.00 e. The van der Waals surface area contributed by atoms with E-state index in [0.29, 0.717) is 0 Å². The van der Waals surface area contributed by atoms with Gasteiger partial charge in [0.25, 0.3) is 0 Å². The smallest absolute Gasteiger partial charge is 1.00 e. The Labute approximate surface area is 214 Å². The summed E-state index contributed by atoms with van der Waals surface area (Å²) in [6, 6.07) is 36.2. The molecule has 4 aromatic rings. The maximum absolute atomic E-state index is 3.30. The molecule has 0 atom stereocenters. The second kappa shape index (κ2) is 12.3. The Hall–Kier alpha value is -1.73. The van der Waals surface area contributed by atoms with Gasteiger partial charge in [-0.2, -0.15) is 59.7 Å². The fourth-order valence-electron chi connectivity index (χ4n) is 4.00. The molecule has 6 rings (SSSR count). The zero-order chi connectivity index (χ0) is 20.1. The van der Waals surface area contributed by atoms with Gasteiger partial charge in [0.05, 0.1) is 0 Å². The van der Waals surface area contributed by atoms with Gasteiger partial charge < -0.3 is 12.4 Å². The fraction of sp³-hybridized carbons (Fsp3) is 0.143. The molecule has 2 aliphatic carbocycles. The van der Waals surface area contributed by atoms with Crippen LogP contribution >= 0.6 is 0 Å². The normalized spacial score (nSPS) is 10.9. The summed E-state index contributed by atoms with van der Waals surface area (Å²) < 4.78 is 0. The van der Waals surface area contributed by atoms with Gasteiger partial charge in [-0.25, -0.2) is 0 Å². The molecule has 0 N–H and O–H groups in total. The molecule has 2 radical (unpaired) electrons. The molecule has 2 aliphatic rings. The van der Waals surface area contributed by atoms with Crippen molar-refractivity contribution in [3.63, 3.8) is 0 Å². The summed E-state index contributed by atoms with van der Waals surface area (Å²) in [4.78, 5) is 0. The van der Waals surface area contributed by atoms with Crippen LogP contribution in [-0.2, 0) is 39.0 Å². The van der Waals surface area contributed by atoms with E-state index in [-0.39, 0.29) is 38.6 Å². The van der Waals surface area contributed by atoms with E-state index in [4.69, 9.17) is 0 Å². The van der Waals surface area contributed by atoms with Crippen molar-refractivity contribution < 1.29 is 38.6 Å². The van der Waals surface area contributed by atoms with Gasteiger partial charge in [0, 0.05) is 9.52 Å². The molecule has 0 amide bonds. The molecule has 0 saturated carbocycles. The van der Waals surface area contributed by atoms with Gasteiger partial charge in [0.15, 0.2) is 0 Å². The van der Waals surface area contributed by atoms with Gasteiger partial charge >= 0.3 is 26.2 Å². The van der Waals surface area contributed by atoms with Crippen molar-refractivity contribution in [2.75, 3.05) is 0 Å². The summed E-state index contributed by atoms with van der Waals surface area (Å²) >= 11 is 0. The van der Waals surface area contributed by atoms with Crippen LogP contribution in [0.4, 0.5) is 0 Å². The van der Waals surface area contributed by atoms with Crippen molar-refractivity contribution in [3.8, 4) is 22.3 Å². The van der Waals surface area contributed by atoms with E-state index in [1.165, 1.54) is 44.5 Å². The van der Waals surface area contributed by atoms with Gasteiger partial charge in [-0.3, -0.25) is 0 Å². The van der Waals surface area contributed by atoms with E-state index in [1.54, 1.807) is 0 Å². The van der Waals surface area contributed by atoms with Gasteiger partial charge in [0.1, 0.15) is 0 Å². The van der Waals surface area contributed by atoms with Crippen molar-refractivity contribution in [1.29, 1.82) is 0 Å². The molecule has 0 aliphatic heterocycles. The first-order valence-electron chi connectivity index (χ1n) is 10.2. The maximum Gasteiger partial charge on any atom is 3.00 e. The van der Waals surface area contributed by atoms with Crippen LogP contribution in [0.1, 0.15) is 22.3 Å². The molecule has 31 heavy (non-hydrogen) atoms. The molecule has 0 spiro atoms. The topological polar surface area (TPSA) is 0 Å².